The van der Waals surface area contributed by atoms with Gasteiger partial charge in [0, 0.05) is 18.9 Å². The molecule has 1 aromatic rings. The molecule has 0 amide bonds. The highest BCUT2D eigenvalue weighted by molar-refractivity contribution is 5.27. The molecule has 19 heavy (non-hydrogen) atoms. The van der Waals surface area contributed by atoms with E-state index in [-0.39, 0.29) is 6.10 Å². The van der Waals surface area contributed by atoms with Gasteiger partial charge in [0.1, 0.15) is 11.9 Å². The first-order valence-corrected chi connectivity index (χ1v) is 6.92. The van der Waals surface area contributed by atoms with E-state index in [1.807, 2.05) is 19.9 Å². The van der Waals surface area contributed by atoms with Crippen LogP contribution in [0.3, 0.4) is 0 Å². The molecule has 0 aliphatic heterocycles. The molecule has 0 aromatic carbocycles. The average Bonchev–Trinajstić information content (AvgIpc) is 2.87. The summed E-state index contributed by atoms with van der Waals surface area (Å²) in [5, 5.41) is 10.6. The molecule has 1 aliphatic rings. The van der Waals surface area contributed by atoms with Crippen molar-refractivity contribution >= 4 is 0 Å². The van der Waals surface area contributed by atoms with Crippen LogP contribution in [0.5, 0.6) is 5.75 Å². The lowest BCUT2D eigenvalue weighted by molar-refractivity contribution is -0.100. The van der Waals surface area contributed by atoms with Crippen molar-refractivity contribution in [2.45, 2.75) is 57.3 Å². The fourth-order valence-electron chi connectivity index (χ4n) is 2.79. The summed E-state index contributed by atoms with van der Waals surface area (Å²) < 4.78 is 11.2. The zero-order valence-electron chi connectivity index (χ0n) is 11.9. The van der Waals surface area contributed by atoms with Gasteiger partial charge in [-0.1, -0.05) is 12.8 Å². The summed E-state index contributed by atoms with van der Waals surface area (Å²) in [6.45, 7) is 3.94. The molecular weight excluding hydrogens is 242 g/mol. The number of pyridine rings is 1. The fourth-order valence-corrected chi connectivity index (χ4v) is 2.79. The van der Waals surface area contributed by atoms with E-state index in [2.05, 4.69) is 4.98 Å². The second-order valence-electron chi connectivity index (χ2n) is 5.50. The molecule has 1 aromatic heterocycles. The van der Waals surface area contributed by atoms with Crippen LogP contribution in [0.15, 0.2) is 18.5 Å². The minimum atomic E-state index is -0.650. The number of aromatic nitrogens is 1. The Bertz CT molecular complexity index is 414. The van der Waals surface area contributed by atoms with Gasteiger partial charge in [0.2, 0.25) is 0 Å². The first-order valence-electron chi connectivity index (χ1n) is 6.92. The highest BCUT2D eigenvalue weighted by Crippen LogP contribution is 2.42. The second-order valence-corrected chi connectivity index (χ2v) is 5.50. The summed E-state index contributed by atoms with van der Waals surface area (Å²) in [5.74, 6) is 0.691. The van der Waals surface area contributed by atoms with Gasteiger partial charge in [-0.2, -0.15) is 0 Å². The molecule has 0 saturated heterocycles. The van der Waals surface area contributed by atoms with Gasteiger partial charge in [0.25, 0.3) is 0 Å². The third kappa shape index (κ3) is 3.07. The van der Waals surface area contributed by atoms with Crippen LogP contribution in [-0.2, 0) is 4.74 Å². The average molecular weight is 265 g/mol. The van der Waals surface area contributed by atoms with Gasteiger partial charge in [-0.15, -0.1) is 0 Å². The van der Waals surface area contributed by atoms with Crippen molar-refractivity contribution < 1.29 is 14.6 Å². The quantitative estimate of drug-likeness (QED) is 0.889. The van der Waals surface area contributed by atoms with Gasteiger partial charge < -0.3 is 14.6 Å². The summed E-state index contributed by atoms with van der Waals surface area (Å²) >= 11 is 0. The van der Waals surface area contributed by atoms with Gasteiger partial charge >= 0.3 is 0 Å². The fraction of sp³-hybridized carbons (Fsp3) is 0.667. The molecule has 4 nitrogen and oxygen atoms in total. The van der Waals surface area contributed by atoms with E-state index in [9.17, 15) is 5.11 Å². The van der Waals surface area contributed by atoms with Crippen LogP contribution in [0.25, 0.3) is 0 Å². The van der Waals surface area contributed by atoms with Crippen LogP contribution in [0.2, 0.25) is 0 Å². The molecular formula is C15H23NO3. The largest absolute Gasteiger partial charge is 0.489 e. The van der Waals surface area contributed by atoms with Gasteiger partial charge in [0.15, 0.2) is 0 Å². The Morgan fingerprint density at radius 3 is 2.53 bits per heavy atom. The zero-order chi connectivity index (χ0) is 13.9. The molecule has 1 fully saturated rings. The molecule has 1 saturated carbocycles. The van der Waals surface area contributed by atoms with Crippen molar-refractivity contribution in [3.63, 3.8) is 0 Å². The minimum Gasteiger partial charge on any atom is -0.489 e. The maximum absolute atomic E-state index is 10.6. The molecule has 106 valence electrons. The van der Waals surface area contributed by atoms with Gasteiger partial charge in [-0.25, -0.2) is 0 Å². The molecule has 1 unspecified atom stereocenters. The maximum atomic E-state index is 10.6. The number of aliphatic hydroxyl groups excluding tert-OH is 1. The number of hydrogen-bond acceptors (Lipinski definition) is 4. The van der Waals surface area contributed by atoms with E-state index in [1.165, 1.54) is 0 Å². The Hall–Kier alpha value is -1.13. The molecule has 1 atom stereocenters. The smallest absolute Gasteiger partial charge is 0.138 e. The number of rotatable bonds is 5. The molecule has 1 N–H and O–H groups in total. The Labute approximate surface area is 114 Å². The number of ether oxygens (including phenoxy) is 2. The topological polar surface area (TPSA) is 51.6 Å². The van der Waals surface area contributed by atoms with Crippen molar-refractivity contribution in [3.8, 4) is 5.75 Å². The normalized spacial score (nSPS) is 19.6. The van der Waals surface area contributed by atoms with Crippen molar-refractivity contribution in [2.24, 2.45) is 0 Å². The van der Waals surface area contributed by atoms with E-state index < -0.39 is 11.7 Å². The molecule has 4 heteroatoms. The summed E-state index contributed by atoms with van der Waals surface area (Å²) in [6, 6.07) is 1.86. The number of aliphatic hydroxyl groups is 1. The second kappa shape index (κ2) is 5.88. The van der Waals surface area contributed by atoms with E-state index in [4.69, 9.17) is 9.47 Å². The molecule has 2 rings (SSSR count). The third-order valence-electron chi connectivity index (χ3n) is 3.78. The van der Waals surface area contributed by atoms with Crippen LogP contribution in [0.1, 0.15) is 51.2 Å². The highest BCUT2D eigenvalue weighted by Gasteiger charge is 2.41. The van der Waals surface area contributed by atoms with E-state index in [0.717, 1.165) is 31.2 Å². The van der Waals surface area contributed by atoms with Crippen LogP contribution in [-0.4, -0.2) is 28.9 Å². The SMILES string of the molecule is COC1(C(O)c2cncc(OC(C)C)c2)CCCC1. The first kappa shape index (κ1) is 14.3. The van der Waals surface area contributed by atoms with E-state index >= 15 is 0 Å². The van der Waals surface area contributed by atoms with Crippen molar-refractivity contribution in [2.75, 3.05) is 7.11 Å². The number of hydrogen-bond donors (Lipinski definition) is 1. The van der Waals surface area contributed by atoms with Crippen molar-refractivity contribution in [1.82, 2.24) is 4.98 Å². The third-order valence-corrected chi connectivity index (χ3v) is 3.78. The molecule has 1 aliphatic carbocycles. The Morgan fingerprint density at radius 2 is 1.95 bits per heavy atom. The highest BCUT2D eigenvalue weighted by atomic mass is 16.5. The predicted octanol–water partition coefficient (Wildman–Crippen LogP) is 2.86. The van der Waals surface area contributed by atoms with Crippen LogP contribution < -0.4 is 4.74 Å². The molecule has 0 bridgehead atoms. The Kier molecular flexibility index (Phi) is 4.42. The Balaban J connectivity index is 2.20. The van der Waals surface area contributed by atoms with Gasteiger partial charge in [0.05, 0.1) is 17.9 Å². The van der Waals surface area contributed by atoms with Crippen LogP contribution in [0, 0.1) is 0 Å². The summed E-state index contributed by atoms with van der Waals surface area (Å²) in [5.41, 5.74) is 0.305. The molecule has 0 radical (unpaired) electrons. The lowest BCUT2D eigenvalue weighted by Gasteiger charge is -2.33. The maximum Gasteiger partial charge on any atom is 0.138 e. The number of methoxy groups -OCH3 is 1. The van der Waals surface area contributed by atoms with Gasteiger partial charge in [-0.05, 0) is 32.8 Å². The summed E-state index contributed by atoms with van der Waals surface area (Å²) in [7, 11) is 1.68. The predicted molar refractivity (Wildman–Crippen MR) is 73.2 cm³/mol. The van der Waals surface area contributed by atoms with Crippen LogP contribution >= 0.6 is 0 Å². The van der Waals surface area contributed by atoms with E-state index in [0.29, 0.717) is 5.75 Å². The van der Waals surface area contributed by atoms with Crippen molar-refractivity contribution in [1.29, 1.82) is 0 Å². The molecule has 0 spiro atoms. The monoisotopic (exact) mass is 265 g/mol. The zero-order valence-corrected chi connectivity index (χ0v) is 11.9. The Morgan fingerprint density at radius 1 is 1.26 bits per heavy atom. The molecule has 1 heterocycles. The summed E-state index contributed by atoms with van der Waals surface area (Å²) in [6.07, 6.45) is 6.78. The minimum absolute atomic E-state index is 0.0945. The summed E-state index contributed by atoms with van der Waals surface area (Å²) in [4.78, 5) is 4.16. The lowest BCUT2D eigenvalue weighted by Crippen LogP contribution is -2.35. The number of nitrogens with zero attached hydrogens (tertiary/aromatic N) is 1. The first-order chi connectivity index (χ1) is 9.07. The lowest BCUT2D eigenvalue weighted by atomic mass is 9.90. The van der Waals surface area contributed by atoms with Crippen LogP contribution in [0.4, 0.5) is 0 Å². The van der Waals surface area contributed by atoms with Crippen molar-refractivity contribution in [3.05, 3.63) is 24.0 Å². The standard InChI is InChI=1S/C15H23NO3/c1-11(2)19-13-8-12(9-16-10-13)14(17)15(18-3)6-4-5-7-15/h8-11,14,17H,4-7H2,1-3H3. The van der Waals surface area contributed by atoms with Gasteiger partial charge in [-0.3, -0.25) is 4.98 Å². The van der Waals surface area contributed by atoms with E-state index in [1.54, 1.807) is 19.5 Å².